The number of nitrogens with zero attached hydrogens (tertiary/aromatic N) is 1. The van der Waals surface area contributed by atoms with E-state index < -0.39 is 10.0 Å². The summed E-state index contributed by atoms with van der Waals surface area (Å²) in [6, 6.07) is 1.99. The first-order valence-corrected chi connectivity index (χ1v) is 8.89. The lowest BCUT2D eigenvalue weighted by atomic mass is 9.93. The van der Waals surface area contributed by atoms with Crippen molar-refractivity contribution >= 4 is 10.0 Å². The van der Waals surface area contributed by atoms with Gasteiger partial charge in [-0.15, -0.1) is 0 Å². The van der Waals surface area contributed by atoms with Crippen molar-refractivity contribution in [2.75, 3.05) is 13.1 Å². The van der Waals surface area contributed by atoms with Crippen LogP contribution in [0.5, 0.6) is 0 Å². The molecule has 2 rings (SSSR count). The van der Waals surface area contributed by atoms with E-state index in [0.717, 1.165) is 6.42 Å². The summed E-state index contributed by atoms with van der Waals surface area (Å²) in [7, 11) is -3.45. The normalized spacial score (nSPS) is 19.5. The molecule has 1 aromatic heterocycles. The zero-order valence-corrected chi connectivity index (χ0v) is 14.4. The quantitative estimate of drug-likeness (QED) is 0.907. The van der Waals surface area contributed by atoms with Crippen LogP contribution in [0.15, 0.2) is 15.4 Å². The van der Waals surface area contributed by atoms with Gasteiger partial charge in [0, 0.05) is 25.2 Å². The van der Waals surface area contributed by atoms with Crippen LogP contribution < -0.4 is 5.32 Å². The van der Waals surface area contributed by atoms with Gasteiger partial charge in [-0.3, -0.25) is 0 Å². The molecule has 0 saturated carbocycles. The van der Waals surface area contributed by atoms with Crippen LogP contribution in [0.4, 0.5) is 0 Å². The molecule has 21 heavy (non-hydrogen) atoms. The molecule has 0 spiro atoms. The Morgan fingerprint density at radius 1 is 1.43 bits per heavy atom. The minimum absolute atomic E-state index is 0.0484. The van der Waals surface area contributed by atoms with Crippen LogP contribution >= 0.6 is 0 Å². The highest BCUT2D eigenvalue weighted by molar-refractivity contribution is 7.89. The van der Waals surface area contributed by atoms with E-state index in [9.17, 15) is 8.42 Å². The lowest BCUT2D eigenvalue weighted by Gasteiger charge is -2.19. The van der Waals surface area contributed by atoms with Gasteiger partial charge in [-0.05, 0) is 18.8 Å². The van der Waals surface area contributed by atoms with Crippen molar-refractivity contribution in [1.29, 1.82) is 0 Å². The number of furan rings is 1. The van der Waals surface area contributed by atoms with Gasteiger partial charge in [-0.2, -0.15) is 4.31 Å². The van der Waals surface area contributed by atoms with Gasteiger partial charge >= 0.3 is 0 Å². The Labute approximate surface area is 127 Å². The van der Waals surface area contributed by atoms with Gasteiger partial charge < -0.3 is 9.73 Å². The topological polar surface area (TPSA) is 62.6 Å². The highest BCUT2D eigenvalue weighted by Crippen LogP contribution is 2.34. The van der Waals surface area contributed by atoms with E-state index in [2.05, 4.69) is 19.2 Å². The van der Waals surface area contributed by atoms with Crippen molar-refractivity contribution in [2.24, 2.45) is 5.41 Å². The first-order chi connectivity index (χ1) is 9.62. The summed E-state index contributed by atoms with van der Waals surface area (Å²) in [5.41, 5.74) is 0.0484. The van der Waals surface area contributed by atoms with Crippen LogP contribution in [0.25, 0.3) is 0 Å². The molecule has 6 heteroatoms. The van der Waals surface area contributed by atoms with E-state index in [-0.39, 0.29) is 5.41 Å². The number of nitrogens with one attached hydrogen (secondary N) is 1. The van der Waals surface area contributed by atoms with Crippen LogP contribution in [0, 0.1) is 12.3 Å². The maximum Gasteiger partial charge on any atom is 0.246 e. The highest BCUT2D eigenvalue weighted by Gasteiger charge is 2.38. The molecule has 0 amide bonds. The lowest BCUT2D eigenvalue weighted by molar-refractivity contribution is 0.375. The molecular formula is C15H26N2O3S. The van der Waals surface area contributed by atoms with E-state index in [4.69, 9.17) is 4.42 Å². The van der Waals surface area contributed by atoms with Crippen molar-refractivity contribution in [3.8, 4) is 0 Å². The summed E-state index contributed by atoms with van der Waals surface area (Å²) >= 11 is 0. The zero-order chi connectivity index (χ0) is 15.8. The number of hydrogen-bond acceptors (Lipinski definition) is 4. The van der Waals surface area contributed by atoms with E-state index in [1.54, 1.807) is 17.3 Å². The van der Waals surface area contributed by atoms with Gasteiger partial charge in [-0.1, -0.05) is 27.7 Å². The Hall–Kier alpha value is -0.850. The molecule has 120 valence electrons. The number of sulfonamides is 1. The molecule has 0 atom stereocenters. The second kappa shape index (κ2) is 5.74. The predicted octanol–water partition coefficient (Wildman–Crippen LogP) is 2.51. The van der Waals surface area contributed by atoms with Crippen molar-refractivity contribution in [3.05, 3.63) is 17.6 Å². The van der Waals surface area contributed by atoms with E-state index in [1.165, 1.54) is 0 Å². The Bertz CT molecular complexity index is 602. The third kappa shape index (κ3) is 3.67. The first-order valence-electron chi connectivity index (χ1n) is 7.45. The Morgan fingerprint density at radius 3 is 2.62 bits per heavy atom. The fourth-order valence-corrected chi connectivity index (χ4v) is 4.39. The van der Waals surface area contributed by atoms with Crippen LogP contribution in [-0.2, 0) is 16.6 Å². The molecule has 1 aromatic rings. The molecular weight excluding hydrogens is 288 g/mol. The van der Waals surface area contributed by atoms with E-state index in [0.29, 0.717) is 42.1 Å². The molecule has 1 fully saturated rings. The van der Waals surface area contributed by atoms with Crippen LogP contribution in [0.1, 0.15) is 45.6 Å². The summed E-state index contributed by atoms with van der Waals surface area (Å²) in [5, 5.41) is 3.23. The zero-order valence-electron chi connectivity index (χ0n) is 13.6. The Kier molecular flexibility index (Phi) is 4.52. The van der Waals surface area contributed by atoms with E-state index >= 15 is 0 Å². The average molecular weight is 314 g/mol. The molecule has 0 aliphatic carbocycles. The Morgan fingerprint density at radius 2 is 2.10 bits per heavy atom. The smallest absolute Gasteiger partial charge is 0.246 e. The maximum atomic E-state index is 12.7. The summed E-state index contributed by atoms with van der Waals surface area (Å²) in [6.07, 6.45) is 0.894. The van der Waals surface area contributed by atoms with E-state index in [1.807, 2.05) is 13.8 Å². The van der Waals surface area contributed by atoms with Gasteiger partial charge in [0.1, 0.15) is 16.4 Å². The molecule has 0 aromatic carbocycles. The molecule has 1 aliphatic rings. The fraction of sp³-hybridized carbons (Fsp3) is 0.733. The van der Waals surface area contributed by atoms with Crippen LogP contribution in [0.3, 0.4) is 0 Å². The predicted molar refractivity (Wildman–Crippen MR) is 82.6 cm³/mol. The summed E-state index contributed by atoms with van der Waals surface area (Å²) < 4.78 is 32.6. The standard InChI is InChI=1S/C15H26N2O3S/c1-11(2)16-9-13-8-14(12(3)20-13)21(18,19)17-7-6-15(4,5)10-17/h8,11,16H,6-7,9-10H2,1-5H3. The third-order valence-corrected chi connectivity index (χ3v) is 5.82. The Balaban J connectivity index is 2.21. The number of rotatable bonds is 5. The van der Waals surface area contributed by atoms with Crippen molar-refractivity contribution in [3.63, 3.8) is 0 Å². The molecule has 1 N–H and O–H groups in total. The monoisotopic (exact) mass is 314 g/mol. The van der Waals surface area contributed by atoms with Gasteiger partial charge in [0.25, 0.3) is 0 Å². The van der Waals surface area contributed by atoms with Gasteiger partial charge in [0.05, 0.1) is 6.54 Å². The molecule has 1 saturated heterocycles. The molecule has 0 bridgehead atoms. The molecule has 2 heterocycles. The van der Waals surface area contributed by atoms with Crippen LogP contribution in [0.2, 0.25) is 0 Å². The molecule has 0 unspecified atom stereocenters. The second-order valence-corrected chi connectivity index (χ2v) is 8.83. The minimum Gasteiger partial charge on any atom is -0.464 e. The lowest BCUT2D eigenvalue weighted by Crippen LogP contribution is -2.30. The summed E-state index contributed by atoms with van der Waals surface area (Å²) in [6.45, 7) is 11.7. The van der Waals surface area contributed by atoms with Gasteiger partial charge in [0.15, 0.2) is 0 Å². The number of hydrogen-bond donors (Lipinski definition) is 1. The largest absolute Gasteiger partial charge is 0.464 e. The van der Waals surface area contributed by atoms with Crippen molar-refractivity contribution in [2.45, 2.75) is 58.5 Å². The first kappa shape index (κ1) is 16.5. The third-order valence-electron chi connectivity index (χ3n) is 3.87. The summed E-state index contributed by atoms with van der Waals surface area (Å²) in [5.74, 6) is 1.14. The van der Waals surface area contributed by atoms with Gasteiger partial charge in [-0.25, -0.2) is 8.42 Å². The number of aryl methyl sites for hydroxylation is 1. The molecule has 0 radical (unpaired) electrons. The SMILES string of the molecule is Cc1oc(CNC(C)C)cc1S(=O)(=O)N1CCC(C)(C)C1. The van der Waals surface area contributed by atoms with Crippen molar-refractivity contribution < 1.29 is 12.8 Å². The minimum atomic E-state index is -3.45. The highest BCUT2D eigenvalue weighted by atomic mass is 32.2. The molecule has 1 aliphatic heterocycles. The molecule has 5 nitrogen and oxygen atoms in total. The average Bonchev–Trinajstić information content (AvgIpc) is 2.90. The van der Waals surface area contributed by atoms with Gasteiger partial charge in [0.2, 0.25) is 10.0 Å². The van der Waals surface area contributed by atoms with Crippen molar-refractivity contribution in [1.82, 2.24) is 9.62 Å². The fourth-order valence-electron chi connectivity index (χ4n) is 2.58. The maximum absolute atomic E-state index is 12.7. The van der Waals surface area contributed by atoms with Crippen LogP contribution in [-0.4, -0.2) is 31.9 Å². The second-order valence-electron chi connectivity index (χ2n) is 6.92. The summed E-state index contributed by atoms with van der Waals surface area (Å²) in [4.78, 5) is 0.306.